The summed E-state index contributed by atoms with van der Waals surface area (Å²) >= 11 is 0. The van der Waals surface area contributed by atoms with Gasteiger partial charge in [-0.2, -0.15) is 0 Å². The van der Waals surface area contributed by atoms with Crippen LogP contribution in [-0.4, -0.2) is 53.2 Å². The maximum Gasteiger partial charge on any atom is 0.273 e. The van der Waals surface area contributed by atoms with E-state index < -0.39 is 0 Å². The number of hydrogen-bond acceptors (Lipinski definition) is 5. The third-order valence-electron chi connectivity index (χ3n) is 5.55. The Morgan fingerprint density at radius 2 is 2.00 bits per heavy atom. The number of nitrogens with one attached hydrogen (secondary N) is 2. The summed E-state index contributed by atoms with van der Waals surface area (Å²) < 4.78 is 7.86. The van der Waals surface area contributed by atoms with Crippen LogP contribution in [0.3, 0.4) is 0 Å². The second kappa shape index (κ2) is 10.2. The lowest BCUT2D eigenvalue weighted by atomic mass is 9.88. The molecule has 3 rings (SSSR count). The Morgan fingerprint density at radius 1 is 1.27 bits per heavy atom. The molecule has 148 valence electrons. The molecule has 2 fully saturated rings. The number of halogens is 1. The monoisotopic (exact) mass is 385 g/mol. The first-order valence-electron chi connectivity index (χ1n) is 9.69. The van der Waals surface area contributed by atoms with Crippen molar-refractivity contribution in [2.45, 2.75) is 64.5 Å². The number of piperidine rings is 1. The molecule has 1 amide bonds. The molecule has 1 aliphatic carbocycles. The molecule has 1 saturated heterocycles. The van der Waals surface area contributed by atoms with Gasteiger partial charge in [0.25, 0.3) is 5.91 Å². The van der Waals surface area contributed by atoms with Gasteiger partial charge in [-0.3, -0.25) is 4.79 Å². The molecule has 0 spiro atoms. The summed E-state index contributed by atoms with van der Waals surface area (Å²) in [5.41, 5.74) is 1.29. The van der Waals surface area contributed by atoms with E-state index in [-0.39, 0.29) is 18.3 Å². The van der Waals surface area contributed by atoms with Gasteiger partial charge in [0.1, 0.15) is 0 Å². The van der Waals surface area contributed by atoms with Gasteiger partial charge in [0.2, 0.25) is 0 Å². The van der Waals surface area contributed by atoms with E-state index >= 15 is 0 Å². The standard InChI is InChI=1S/C18H31N5O2.ClH/c1-13-5-3-4-6-16(13)25-12-11-20-18(24)17-14(2)23(22-21-17)15-7-9-19-10-8-15;/h13,15-16,19H,3-12H2,1-2H3,(H,20,24);1H. The van der Waals surface area contributed by atoms with Crippen molar-refractivity contribution < 1.29 is 9.53 Å². The molecule has 0 bridgehead atoms. The van der Waals surface area contributed by atoms with Crippen LogP contribution in [0.2, 0.25) is 0 Å². The number of carbonyl (C=O) groups excluding carboxylic acids is 1. The maximum absolute atomic E-state index is 12.4. The van der Waals surface area contributed by atoms with Crippen molar-refractivity contribution in [3.05, 3.63) is 11.4 Å². The Hall–Kier alpha value is -1.18. The van der Waals surface area contributed by atoms with Crippen LogP contribution >= 0.6 is 12.4 Å². The lowest BCUT2D eigenvalue weighted by Gasteiger charge is -2.28. The van der Waals surface area contributed by atoms with Gasteiger partial charge in [-0.1, -0.05) is 25.0 Å². The molecule has 0 radical (unpaired) electrons. The van der Waals surface area contributed by atoms with Crippen LogP contribution in [0.25, 0.3) is 0 Å². The van der Waals surface area contributed by atoms with E-state index in [2.05, 4.69) is 27.9 Å². The van der Waals surface area contributed by atoms with Crippen molar-refractivity contribution in [2.75, 3.05) is 26.2 Å². The molecule has 0 aromatic carbocycles. The van der Waals surface area contributed by atoms with Crippen LogP contribution in [0.5, 0.6) is 0 Å². The first-order valence-corrected chi connectivity index (χ1v) is 9.69. The number of hydrogen-bond donors (Lipinski definition) is 2. The minimum atomic E-state index is -0.155. The van der Waals surface area contributed by atoms with Crippen LogP contribution < -0.4 is 10.6 Å². The number of ether oxygens (including phenoxy) is 1. The van der Waals surface area contributed by atoms with E-state index in [4.69, 9.17) is 4.74 Å². The topological polar surface area (TPSA) is 81.1 Å². The first-order chi connectivity index (χ1) is 12.2. The highest BCUT2D eigenvalue weighted by Crippen LogP contribution is 2.26. The highest BCUT2D eigenvalue weighted by Gasteiger charge is 2.23. The predicted octanol–water partition coefficient (Wildman–Crippen LogP) is 2.26. The van der Waals surface area contributed by atoms with E-state index in [1.807, 2.05) is 11.6 Å². The van der Waals surface area contributed by atoms with Crippen LogP contribution in [0.15, 0.2) is 0 Å². The third-order valence-corrected chi connectivity index (χ3v) is 5.55. The molecule has 2 unspecified atom stereocenters. The minimum Gasteiger partial charge on any atom is -0.376 e. The molecule has 1 aromatic rings. The van der Waals surface area contributed by atoms with Crippen molar-refractivity contribution in [3.63, 3.8) is 0 Å². The summed E-state index contributed by atoms with van der Waals surface area (Å²) in [6.07, 6.45) is 7.34. The van der Waals surface area contributed by atoms with E-state index in [0.29, 0.717) is 36.9 Å². The second-order valence-electron chi connectivity index (χ2n) is 7.38. The Balaban J connectivity index is 0.00000243. The molecule has 26 heavy (non-hydrogen) atoms. The van der Waals surface area contributed by atoms with Crippen LogP contribution in [0.1, 0.15) is 67.7 Å². The van der Waals surface area contributed by atoms with Gasteiger partial charge in [-0.15, -0.1) is 17.5 Å². The zero-order chi connectivity index (χ0) is 17.6. The van der Waals surface area contributed by atoms with Crippen molar-refractivity contribution in [3.8, 4) is 0 Å². The molecule has 1 aromatic heterocycles. The molecule has 1 aliphatic heterocycles. The van der Waals surface area contributed by atoms with Gasteiger partial charge in [0.05, 0.1) is 24.4 Å². The quantitative estimate of drug-likeness (QED) is 0.734. The SMILES string of the molecule is Cc1c(C(=O)NCCOC2CCCCC2C)nnn1C1CCNCC1.Cl. The average molecular weight is 386 g/mol. The first kappa shape index (κ1) is 21.1. The fourth-order valence-electron chi connectivity index (χ4n) is 3.94. The Kier molecular flexibility index (Phi) is 8.31. The summed E-state index contributed by atoms with van der Waals surface area (Å²) in [7, 11) is 0. The third kappa shape index (κ3) is 5.18. The van der Waals surface area contributed by atoms with Crippen LogP contribution in [0.4, 0.5) is 0 Å². The molecular formula is C18H32ClN5O2. The van der Waals surface area contributed by atoms with Gasteiger partial charge in [-0.05, 0) is 51.6 Å². The van der Waals surface area contributed by atoms with E-state index in [1.54, 1.807) is 0 Å². The maximum atomic E-state index is 12.4. The van der Waals surface area contributed by atoms with E-state index in [1.165, 1.54) is 19.3 Å². The van der Waals surface area contributed by atoms with Crippen molar-refractivity contribution >= 4 is 18.3 Å². The fourth-order valence-corrected chi connectivity index (χ4v) is 3.94. The summed E-state index contributed by atoms with van der Waals surface area (Å²) in [6.45, 7) is 7.23. The van der Waals surface area contributed by atoms with Crippen molar-refractivity contribution in [1.82, 2.24) is 25.6 Å². The van der Waals surface area contributed by atoms with Crippen LogP contribution in [0, 0.1) is 12.8 Å². The highest BCUT2D eigenvalue weighted by atomic mass is 35.5. The molecule has 7 nitrogen and oxygen atoms in total. The Morgan fingerprint density at radius 3 is 2.73 bits per heavy atom. The normalized spacial score (nSPS) is 24.1. The molecule has 8 heteroatoms. The number of nitrogens with zero attached hydrogens (tertiary/aromatic N) is 3. The fraction of sp³-hybridized carbons (Fsp3) is 0.833. The number of carbonyl (C=O) groups is 1. The van der Waals surface area contributed by atoms with E-state index in [9.17, 15) is 4.79 Å². The number of rotatable bonds is 6. The summed E-state index contributed by atoms with van der Waals surface area (Å²) in [4.78, 5) is 12.4. The van der Waals surface area contributed by atoms with Crippen LogP contribution in [-0.2, 0) is 4.74 Å². The van der Waals surface area contributed by atoms with Gasteiger partial charge in [0, 0.05) is 6.54 Å². The Labute approximate surface area is 162 Å². The van der Waals surface area contributed by atoms with Gasteiger partial charge < -0.3 is 15.4 Å². The molecule has 2 atom stereocenters. The lowest BCUT2D eigenvalue weighted by Crippen LogP contribution is -2.32. The smallest absolute Gasteiger partial charge is 0.273 e. The molecule has 1 saturated carbocycles. The van der Waals surface area contributed by atoms with E-state index in [0.717, 1.165) is 38.0 Å². The number of aromatic nitrogens is 3. The minimum absolute atomic E-state index is 0. The molecule has 2 heterocycles. The zero-order valence-corrected chi connectivity index (χ0v) is 16.7. The molecule has 2 N–H and O–H groups in total. The van der Waals surface area contributed by atoms with Crippen molar-refractivity contribution in [1.29, 1.82) is 0 Å². The average Bonchev–Trinajstić information content (AvgIpc) is 3.02. The van der Waals surface area contributed by atoms with Gasteiger partial charge >= 0.3 is 0 Å². The largest absolute Gasteiger partial charge is 0.376 e. The van der Waals surface area contributed by atoms with Gasteiger partial charge in [-0.25, -0.2) is 4.68 Å². The van der Waals surface area contributed by atoms with Gasteiger partial charge in [0.15, 0.2) is 5.69 Å². The Bertz CT molecular complexity index is 574. The zero-order valence-electron chi connectivity index (χ0n) is 15.9. The summed E-state index contributed by atoms with van der Waals surface area (Å²) in [5, 5.41) is 14.6. The summed E-state index contributed by atoms with van der Waals surface area (Å²) in [5.74, 6) is 0.467. The molecular weight excluding hydrogens is 354 g/mol. The predicted molar refractivity (Wildman–Crippen MR) is 103 cm³/mol. The summed E-state index contributed by atoms with van der Waals surface area (Å²) in [6, 6.07) is 0.339. The molecule has 2 aliphatic rings. The highest BCUT2D eigenvalue weighted by molar-refractivity contribution is 5.93. The van der Waals surface area contributed by atoms with Crippen molar-refractivity contribution in [2.24, 2.45) is 5.92 Å². The number of amides is 1. The lowest BCUT2D eigenvalue weighted by molar-refractivity contribution is -0.00295. The second-order valence-corrected chi connectivity index (χ2v) is 7.38.